The van der Waals surface area contributed by atoms with Crippen LogP contribution in [-0.2, 0) is 0 Å². The van der Waals surface area contributed by atoms with Crippen LogP contribution in [0.15, 0.2) is 0 Å². The minimum atomic E-state index is 0.406. The van der Waals surface area contributed by atoms with Gasteiger partial charge in [0.25, 0.3) is 0 Å². The maximum Gasteiger partial charge on any atom is 0.0338 e. The Morgan fingerprint density at radius 2 is 2.25 bits per heavy atom. The average Bonchev–Trinajstić information content (AvgIpc) is 2.07. The monoisotopic (exact) mass is 184 g/mol. The molecule has 1 aliphatic rings. The van der Waals surface area contributed by atoms with Crippen molar-refractivity contribution in [3.05, 3.63) is 0 Å². The molecule has 0 aromatic rings. The average molecular weight is 185 g/mol. The lowest BCUT2D eigenvalue weighted by Crippen LogP contribution is -2.23. The summed E-state index contributed by atoms with van der Waals surface area (Å²) in [7, 11) is 0. The second kappa shape index (κ2) is 4.77. The maximum atomic E-state index is 6.10. The minimum Gasteiger partial charge on any atom is -0.123 e. The quantitative estimate of drug-likeness (QED) is 0.456. The van der Waals surface area contributed by atoms with Crippen molar-refractivity contribution in [3.63, 3.8) is 0 Å². The van der Waals surface area contributed by atoms with Crippen LogP contribution in [0.4, 0.5) is 0 Å². The van der Waals surface area contributed by atoms with Crippen molar-refractivity contribution in [1.82, 2.24) is 0 Å². The molecule has 1 aliphatic carbocycles. The smallest absolute Gasteiger partial charge is 0.0338 e. The van der Waals surface area contributed by atoms with Gasteiger partial charge in [0.15, 0.2) is 0 Å². The predicted octanol–water partition coefficient (Wildman–Crippen LogP) is 3.44. The Bertz CT molecular complexity index is 168. The molecule has 1 saturated carbocycles. The summed E-state index contributed by atoms with van der Waals surface area (Å²) in [5.74, 6) is 4.31. The maximum absolute atomic E-state index is 6.10. The lowest BCUT2D eigenvalue weighted by Gasteiger charge is -2.31. The molecule has 0 bridgehead atoms. The van der Waals surface area contributed by atoms with Gasteiger partial charge >= 0.3 is 0 Å². The van der Waals surface area contributed by atoms with Crippen LogP contribution in [0.3, 0.4) is 0 Å². The van der Waals surface area contributed by atoms with Gasteiger partial charge in [-0.2, -0.15) is 0 Å². The lowest BCUT2D eigenvalue weighted by molar-refractivity contribution is 0.248. The van der Waals surface area contributed by atoms with Crippen LogP contribution in [0.2, 0.25) is 0 Å². The van der Waals surface area contributed by atoms with Gasteiger partial charge in [0, 0.05) is 11.8 Å². The SMILES string of the molecule is C#CCCC1CC(Cl)CCC1C. The fourth-order valence-corrected chi connectivity index (χ4v) is 2.38. The predicted molar refractivity (Wildman–Crippen MR) is 54.2 cm³/mol. The molecule has 0 radical (unpaired) electrons. The van der Waals surface area contributed by atoms with E-state index in [1.807, 2.05) is 0 Å². The lowest BCUT2D eigenvalue weighted by atomic mass is 9.78. The first-order chi connectivity index (χ1) is 5.74. The van der Waals surface area contributed by atoms with Crippen LogP contribution >= 0.6 is 11.6 Å². The Morgan fingerprint density at radius 3 is 2.92 bits per heavy atom. The molecule has 0 heterocycles. The molecule has 1 heteroatoms. The zero-order chi connectivity index (χ0) is 8.97. The van der Waals surface area contributed by atoms with Crippen LogP contribution in [0.5, 0.6) is 0 Å². The van der Waals surface area contributed by atoms with Gasteiger partial charge in [-0.1, -0.05) is 6.92 Å². The summed E-state index contributed by atoms with van der Waals surface area (Å²) in [6.45, 7) is 2.32. The highest BCUT2D eigenvalue weighted by atomic mass is 35.5. The third kappa shape index (κ3) is 2.72. The number of alkyl halides is 1. The van der Waals surface area contributed by atoms with E-state index in [0.29, 0.717) is 5.38 Å². The van der Waals surface area contributed by atoms with E-state index >= 15 is 0 Å². The molecule has 68 valence electrons. The zero-order valence-electron chi connectivity index (χ0n) is 7.72. The Hall–Kier alpha value is -0.150. The molecular weight excluding hydrogens is 168 g/mol. The van der Waals surface area contributed by atoms with E-state index in [-0.39, 0.29) is 0 Å². The fraction of sp³-hybridized carbons (Fsp3) is 0.818. The highest BCUT2D eigenvalue weighted by Crippen LogP contribution is 2.35. The summed E-state index contributed by atoms with van der Waals surface area (Å²) in [5, 5.41) is 0.406. The number of rotatable bonds is 2. The molecular formula is C11H17Cl. The van der Waals surface area contributed by atoms with Crippen molar-refractivity contribution in [3.8, 4) is 12.3 Å². The topological polar surface area (TPSA) is 0 Å². The summed E-state index contributed by atoms with van der Waals surface area (Å²) in [4.78, 5) is 0. The Kier molecular flexibility index (Phi) is 3.95. The first-order valence-corrected chi connectivity index (χ1v) is 5.25. The van der Waals surface area contributed by atoms with Crippen molar-refractivity contribution in [2.45, 2.75) is 44.4 Å². The Balaban J connectivity index is 2.34. The molecule has 1 fully saturated rings. The standard InChI is InChI=1S/C11H17Cl/c1-3-4-5-10-8-11(12)7-6-9(10)2/h1,9-11H,4-8H2,2H3. The largest absolute Gasteiger partial charge is 0.123 e. The number of halogens is 1. The summed E-state index contributed by atoms with van der Waals surface area (Å²) in [5.41, 5.74) is 0. The van der Waals surface area contributed by atoms with E-state index in [2.05, 4.69) is 12.8 Å². The third-order valence-electron chi connectivity index (χ3n) is 2.96. The summed E-state index contributed by atoms with van der Waals surface area (Å²) in [6.07, 6.45) is 11.0. The molecule has 0 aliphatic heterocycles. The zero-order valence-corrected chi connectivity index (χ0v) is 8.48. The highest BCUT2D eigenvalue weighted by Gasteiger charge is 2.25. The van der Waals surface area contributed by atoms with E-state index in [1.165, 1.54) is 25.7 Å². The van der Waals surface area contributed by atoms with Gasteiger partial charge in [-0.05, 0) is 37.5 Å². The van der Waals surface area contributed by atoms with Crippen LogP contribution < -0.4 is 0 Å². The van der Waals surface area contributed by atoms with Crippen LogP contribution in [0, 0.1) is 24.2 Å². The van der Waals surface area contributed by atoms with E-state index in [9.17, 15) is 0 Å². The van der Waals surface area contributed by atoms with Gasteiger partial charge < -0.3 is 0 Å². The van der Waals surface area contributed by atoms with Crippen molar-refractivity contribution < 1.29 is 0 Å². The van der Waals surface area contributed by atoms with Crippen molar-refractivity contribution >= 4 is 11.6 Å². The molecule has 0 aromatic heterocycles. The normalized spacial score (nSPS) is 35.9. The molecule has 0 saturated heterocycles. The molecule has 12 heavy (non-hydrogen) atoms. The Morgan fingerprint density at radius 1 is 1.50 bits per heavy atom. The highest BCUT2D eigenvalue weighted by molar-refractivity contribution is 6.20. The molecule has 3 atom stereocenters. The van der Waals surface area contributed by atoms with Gasteiger partial charge in [0.2, 0.25) is 0 Å². The van der Waals surface area contributed by atoms with E-state index in [1.54, 1.807) is 0 Å². The molecule has 0 aromatic carbocycles. The van der Waals surface area contributed by atoms with Crippen molar-refractivity contribution in [1.29, 1.82) is 0 Å². The molecule has 3 unspecified atom stereocenters. The second-order valence-corrected chi connectivity index (χ2v) is 4.51. The van der Waals surface area contributed by atoms with Gasteiger partial charge in [-0.15, -0.1) is 23.9 Å². The number of hydrogen-bond donors (Lipinski definition) is 0. The van der Waals surface area contributed by atoms with E-state index in [0.717, 1.165) is 18.3 Å². The van der Waals surface area contributed by atoms with Crippen LogP contribution in [0.1, 0.15) is 39.0 Å². The van der Waals surface area contributed by atoms with Gasteiger partial charge in [0.1, 0.15) is 0 Å². The van der Waals surface area contributed by atoms with E-state index < -0.39 is 0 Å². The molecule has 0 spiro atoms. The first kappa shape index (κ1) is 9.93. The van der Waals surface area contributed by atoms with Gasteiger partial charge in [-0.3, -0.25) is 0 Å². The molecule has 0 nitrogen and oxygen atoms in total. The summed E-state index contributed by atoms with van der Waals surface area (Å²) < 4.78 is 0. The van der Waals surface area contributed by atoms with Gasteiger partial charge in [-0.25, -0.2) is 0 Å². The third-order valence-corrected chi connectivity index (χ3v) is 3.35. The van der Waals surface area contributed by atoms with Crippen molar-refractivity contribution in [2.75, 3.05) is 0 Å². The molecule has 0 N–H and O–H groups in total. The first-order valence-electron chi connectivity index (χ1n) is 4.81. The number of hydrogen-bond acceptors (Lipinski definition) is 0. The Labute approximate surface area is 80.7 Å². The van der Waals surface area contributed by atoms with Crippen LogP contribution in [0.25, 0.3) is 0 Å². The van der Waals surface area contributed by atoms with Crippen LogP contribution in [-0.4, -0.2) is 5.38 Å². The number of terminal acetylenes is 1. The van der Waals surface area contributed by atoms with Crippen molar-refractivity contribution in [2.24, 2.45) is 11.8 Å². The van der Waals surface area contributed by atoms with E-state index in [4.69, 9.17) is 18.0 Å². The minimum absolute atomic E-state index is 0.406. The summed E-state index contributed by atoms with van der Waals surface area (Å²) >= 11 is 6.10. The second-order valence-electron chi connectivity index (χ2n) is 3.89. The summed E-state index contributed by atoms with van der Waals surface area (Å²) in [6, 6.07) is 0. The fourth-order valence-electron chi connectivity index (χ4n) is 2.03. The molecule has 1 rings (SSSR count). The molecule has 0 amide bonds. The van der Waals surface area contributed by atoms with Gasteiger partial charge in [0.05, 0.1) is 0 Å².